The van der Waals surface area contributed by atoms with E-state index in [1.54, 1.807) is 7.11 Å². The van der Waals surface area contributed by atoms with E-state index in [9.17, 15) is 9.59 Å². The molecule has 2 aliphatic rings. The van der Waals surface area contributed by atoms with E-state index in [1.807, 2.05) is 54.3 Å². The second-order valence-corrected chi connectivity index (χ2v) is 7.84. The third-order valence-electron chi connectivity index (χ3n) is 5.84. The lowest BCUT2D eigenvalue weighted by Crippen LogP contribution is -2.54. The fourth-order valence-electron chi connectivity index (χ4n) is 4.08. The van der Waals surface area contributed by atoms with Gasteiger partial charge in [0.15, 0.2) is 0 Å². The lowest BCUT2D eigenvalue weighted by atomic mass is 9.90. The molecule has 2 aromatic carbocycles. The van der Waals surface area contributed by atoms with Crippen molar-refractivity contribution in [3.8, 4) is 11.5 Å². The average molecular weight is 394 g/mol. The van der Waals surface area contributed by atoms with Gasteiger partial charge in [0.2, 0.25) is 5.91 Å². The van der Waals surface area contributed by atoms with Gasteiger partial charge in [-0.1, -0.05) is 29.8 Å². The summed E-state index contributed by atoms with van der Waals surface area (Å²) in [7, 11) is 1.62. The maximum Gasteiger partial charge on any atom is 0.255 e. The predicted octanol–water partition coefficient (Wildman–Crippen LogP) is 2.73. The zero-order chi connectivity index (χ0) is 20.4. The van der Waals surface area contributed by atoms with Crippen molar-refractivity contribution >= 4 is 11.8 Å². The molecule has 2 amide bonds. The number of piperidine rings is 1. The molecule has 0 aliphatic carbocycles. The van der Waals surface area contributed by atoms with Crippen LogP contribution in [0, 0.1) is 6.92 Å². The third kappa shape index (κ3) is 3.92. The molecule has 0 atom stereocenters. The summed E-state index contributed by atoms with van der Waals surface area (Å²) in [5, 5.41) is 3.00. The van der Waals surface area contributed by atoms with Gasteiger partial charge in [-0.25, -0.2) is 0 Å². The fourth-order valence-corrected chi connectivity index (χ4v) is 4.08. The molecule has 152 valence electrons. The number of hydrogen-bond acceptors (Lipinski definition) is 4. The summed E-state index contributed by atoms with van der Waals surface area (Å²) in [5.41, 5.74) is 2.02. The molecule has 0 unspecified atom stereocenters. The number of carbonyl (C=O) groups excluding carboxylic acids is 2. The summed E-state index contributed by atoms with van der Waals surface area (Å²) in [5.74, 6) is 1.34. The SMILES string of the molecule is COc1ccccc1CC(=O)N1CCC2(CC1)CNC(=O)c1cc(C)ccc1O2. The number of hydrogen-bond donors (Lipinski definition) is 1. The van der Waals surface area contributed by atoms with Crippen LogP contribution >= 0.6 is 0 Å². The van der Waals surface area contributed by atoms with Crippen LogP contribution in [0.25, 0.3) is 0 Å². The number of methoxy groups -OCH3 is 1. The normalized spacial score (nSPS) is 17.7. The highest BCUT2D eigenvalue weighted by molar-refractivity contribution is 5.97. The van der Waals surface area contributed by atoms with Crippen LogP contribution in [-0.4, -0.2) is 49.1 Å². The first-order valence-corrected chi connectivity index (χ1v) is 9.97. The first-order chi connectivity index (χ1) is 14.0. The van der Waals surface area contributed by atoms with Gasteiger partial charge in [0.25, 0.3) is 5.91 Å². The largest absolute Gasteiger partial charge is 0.496 e. The van der Waals surface area contributed by atoms with Crippen molar-refractivity contribution in [2.75, 3.05) is 26.7 Å². The topological polar surface area (TPSA) is 67.9 Å². The van der Waals surface area contributed by atoms with E-state index >= 15 is 0 Å². The summed E-state index contributed by atoms with van der Waals surface area (Å²) in [4.78, 5) is 27.2. The Balaban J connectivity index is 1.44. The van der Waals surface area contributed by atoms with E-state index in [1.165, 1.54) is 0 Å². The average Bonchev–Trinajstić information content (AvgIpc) is 2.86. The molecule has 6 heteroatoms. The molecule has 0 radical (unpaired) electrons. The van der Waals surface area contributed by atoms with E-state index in [-0.39, 0.29) is 11.8 Å². The van der Waals surface area contributed by atoms with Crippen molar-refractivity contribution in [1.29, 1.82) is 0 Å². The number of rotatable bonds is 3. The quantitative estimate of drug-likeness (QED) is 0.869. The van der Waals surface area contributed by atoms with Gasteiger partial charge in [-0.15, -0.1) is 0 Å². The Morgan fingerprint density at radius 3 is 2.72 bits per heavy atom. The van der Waals surface area contributed by atoms with Crippen molar-refractivity contribution in [1.82, 2.24) is 10.2 Å². The number of aryl methyl sites for hydroxylation is 1. The number of likely N-dealkylation sites (tertiary alicyclic amines) is 1. The Morgan fingerprint density at radius 1 is 1.21 bits per heavy atom. The van der Waals surface area contributed by atoms with Gasteiger partial charge >= 0.3 is 0 Å². The molecule has 2 aromatic rings. The summed E-state index contributed by atoms with van der Waals surface area (Å²) < 4.78 is 11.7. The molecule has 1 spiro atoms. The van der Waals surface area contributed by atoms with Gasteiger partial charge in [-0.2, -0.15) is 0 Å². The number of carbonyl (C=O) groups is 2. The first-order valence-electron chi connectivity index (χ1n) is 9.97. The van der Waals surface area contributed by atoms with Gasteiger partial charge < -0.3 is 19.7 Å². The number of para-hydroxylation sites is 1. The van der Waals surface area contributed by atoms with Crippen LogP contribution < -0.4 is 14.8 Å². The lowest BCUT2D eigenvalue weighted by Gasteiger charge is -2.41. The molecule has 0 bridgehead atoms. The number of ether oxygens (including phenoxy) is 2. The minimum atomic E-state index is -0.475. The highest BCUT2D eigenvalue weighted by Gasteiger charge is 2.41. The zero-order valence-electron chi connectivity index (χ0n) is 16.9. The molecule has 2 heterocycles. The highest BCUT2D eigenvalue weighted by Crippen LogP contribution is 2.33. The molecular formula is C23H26N2O4. The maximum absolute atomic E-state index is 12.8. The van der Waals surface area contributed by atoms with Gasteiger partial charge in [0.1, 0.15) is 17.1 Å². The molecule has 6 nitrogen and oxygen atoms in total. The molecule has 29 heavy (non-hydrogen) atoms. The molecular weight excluding hydrogens is 368 g/mol. The number of fused-ring (bicyclic) bond motifs is 1. The standard InChI is InChI=1S/C23H26N2O4/c1-16-7-8-20-18(13-16)22(27)24-15-23(29-20)9-11-25(12-10-23)21(26)14-17-5-3-4-6-19(17)28-2/h3-8,13H,9-12,14-15H2,1-2H3,(H,24,27). The maximum atomic E-state index is 12.8. The van der Waals surface area contributed by atoms with Crippen molar-refractivity contribution < 1.29 is 19.1 Å². The molecule has 0 saturated carbocycles. The Morgan fingerprint density at radius 2 is 1.97 bits per heavy atom. The first kappa shape index (κ1) is 19.3. The monoisotopic (exact) mass is 394 g/mol. The zero-order valence-corrected chi connectivity index (χ0v) is 16.9. The van der Waals surface area contributed by atoms with Crippen LogP contribution in [0.2, 0.25) is 0 Å². The summed E-state index contributed by atoms with van der Waals surface area (Å²) in [6.45, 7) is 3.62. The van der Waals surface area contributed by atoms with Gasteiger partial charge in [0, 0.05) is 31.5 Å². The van der Waals surface area contributed by atoms with E-state index in [4.69, 9.17) is 9.47 Å². The summed E-state index contributed by atoms with van der Waals surface area (Å²) in [6.07, 6.45) is 1.67. The Hall–Kier alpha value is -3.02. The minimum Gasteiger partial charge on any atom is -0.496 e. The van der Waals surface area contributed by atoms with Gasteiger partial charge in [0.05, 0.1) is 25.6 Å². The Kier molecular flexibility index (Phi) is 5.18. The second-order valence-electron chi connectivity index (χ2n) is 7.84. The number of benzene rings is 2. The lowest BCUT2D eigenvalue weighted by molar-refractivity contribution is -0.133. The molecule has 1 fully saturated rings. The molecule has 0 aromatic heterocycles. The number of nitrogens with one attached hydrogen (secondary N) is 1. The number of amides is 2. The van der Waals surface area contributed by atoms with E-state index in [0.29, 0.717) is 50.2 Å². The van der Waals surface area contributed by atoms with E-state index in [2.05, 4.69) is 5.32 Å². The Labute approximate surface area is 170 Å². The van der Waals surface area contributed by atoms with Crippen LogP contribution in [0.5, 0.6) is 11.5 Å². The minimum absolute atomic E-state index is 0.0815. The van der Waals surface area contributed by atoms with Crippen LogP contribution in [0.4, 0.5) is 0 Å². The van der Waals surface area contributed by atoms with Crippen molar-refractivity contribution in [3.63, 3.8) is 0 Å². The molecule has 4 rings (SSSR count). The fraction of sp³-hybridized carbons (Fsp3) is 0.391. The Bertz CT molecular complexity index is 932. The van der Waals surface area contributed by atoms with Crippen LogP contribution in [0.15, 0.2) is 42.5 Å². The van der Waals surface area contributed by atoms with E-state index < -0.39 is 5.60 Å². The number of nitrogens with zero attached hydrogens (tertiary/aromatic N) is 1. The molecule has 1 saturated heterocycles. The molecule has 1 N–H and O–H groups in total. The van der Waals surface area contributed by atoms with Gasteiger partial charge in [-0.3, -0.25) is 9.59 Å². The predicted molar refractivity (Wildman–Crippen MR) is 109 cm³/mol. The van der Waals surface area contributed by atoms with Crippen LogP contribution in [0.3, 0.4) is 0 Å². The van der Waals surface area contributed by atoms with E-state index in [0.717, 1.165) is 16.9 Å². The van der Waals surface area contributed by atoms with Crippen LogP contribution in [0.1, 0.15) is 34.3 Å². The van der Waals surface area contributed by atoms with Crippen molar-refractivity contribution in [3.05, 3.63) is 59.2 Å². The second kappa shape index (κ2) is 7.78. The summed E-state index contributed by atoms with van der Waals surface area (Å²) >= 11 is 0. The third-order valence-corrected chi connectivity index (χ3v) is 5.84. The molecule has 2 aliphatic heterocycles. The van der Waals surface area contributed by atoms with Crippen molar-refractivity contribution in [2.24, 2.45) is 0 Å². The van der Waals surface area contributed by atoms with Crippen molar-refractivity contribution in [2.45, 2.75) is 31.8 Å². The van der Waals surface area contributed by atoms with Crippen LogP contribution in [-0.2, 0) is 11.2 Å². The highest BCUT2D eigenvalue weighted by atomic mass is 16.5. The van der Waals surface area contributed by atoms with Gasteiger partial charge in [-0.05, 0) is 25.1 Å². The summed E-state index contributed by atoms with van der Waals surface area (Å²) in [6, 6.07) is 13.3. The smallest absolute Gasteiger partial charge is 0.255 e.